The molecule has 0 saturated heterocycles. The largest absolute Gasteiger partial charge is 0.466 e. The maximum absolute atomic E-state index is 11.9. The molecule has 0 aliphatic rings. The number of rotatable bonds is 9. The van der Waals surface area contributed by atoms with Crippen molar-refractivity contribution in [2.75, 3.05) is 13.2 Å². The van der Waals surface area contributed by atoms with Gasteiger partial charge in [-0.1, -0.05) is 31.0 Å². The molecule has 0 spiro atoms. The number of ether oxygens (including phenoxy) is 1. The van der Waals surface area contributed by atoms with Gasteiger partial charge in [-0.2, -0.15) is 0 Å². The second-order valence-corrected chi connectivity index (χ2v) is 5.04. The van der Waals surface area contributed by atoms with Crippen LogP contribution in [-0.2, 0) is 9.53 Å². The molecule has 1 aromatic rings. The molecule has 1 N–H and O–H groups in total. The standard InChI is InChI=1S/C17H25NO3/c1-3-21-16(19)12-6-4-5-9-13-18-17(20)15-11-8-7-10-14(15)2/h7-8,10-11H,3-6,9,12-13H2,1-2H3,(H,18,20). The number of amides is 1. The first-order valence-corrected chi connectivity index (χ1v) is 7.64. The Kier molecular flexibility index (Phi) is 8.17. The van der Waals surface area contributed by atoms with Crippen LogP contribution < -0.4 is 5.32 Å². The van der Waals surface area contributed by atoms with E-state index in [4.69, 9.17) is 4.74 Å². The molecule has 21 heavy (non-hydrogen) atoms. The summed E-state index contributed by atoms with van der Waals surface area (Å²) in [6.07, 6.45) is 4.26. The highest BCUT2D eigenvalue weighted by molar-refractivity contribution is 5.95. The summed E-state index contributed by atoms with van der Waals surface area (Å²) in [5, 5.41) is 2.93. The summed E-state index contributed by atoms with van der Waals surface area (Å²) in [4.78, 5) is 23.1. The first-order chi connectivity index (χ1) is 10.1. The number of nitrogens with one attached hydrogen (secondary N) is 1. The molecule has 0 aromatic heterocycles. The number of esters is 1. The zero-order valence-electron chi connectivity index (χ0n) is 13.0. The van der Waals surface area contributed by atoms with Crippen molar-refractivity contribution >= 4 is 11.9 Å². The highest BCUT2D eigenvalue weighted by atomic mass is 16.5. The topological polar surface area (TPSA) is 55.4 Å². The number of benzene rings is 1. The van der Waals surface area contributed by atoms with Crippen LogP contribution in [0.2, 0.25) is 0 Å². The lowest BCUT2D eigenvalue weighted by Gasteiger charge is -2.07. The van der Waals surface area contributed by atoms with Gasteiger partial charge in [0, 0.05) is 18.5 Å². The van der Waals surface area contributed by atoms with Gasteiger partial charge in [-0.3, -0.25) is 9.59 Å². The van der Waals surface area contributed by atoms with Crippen LogP contribution in [0, 0.1) is 6.92 Å². The first-order valence-electron chi connectivity index (χ1n) is 7.64. The smallest absolute Gasteiger partial charge is 0.305 e. The summed E-state index contributed by atoms with van der Waals surface area (Å²) in [5.41, 5.74) is 1.73. The number of unbranched alkanes of at least 4 members (excludes halogenated alkanes) is 3. The summed E-state index contributed by atoms with van der Waals surface area (Å²) >= 11 is 0. The van der Waals surface area contributed by atoms with Crippen molar-refractivity contribution in [2.24, 2.45) is 0 Å². The molecule has 0 radical (unpaired) electrons. The predicted octanol–water partition coefficient (Wildman–Crippen LogP) is 3.24. The molecule has 0 saturated carbocycles. The normalized spacial score (nSPS) is 10.2. The Morgan fingerprint density at radius 2 is 1.81 bits per heavy atom. The highest BCUT2D eigenvalue weighted by Crippen LogP contribution is 2.07. The van der Waals surface area contributed by atoms with Gasteiger partial charge in [-0.15, -0.1) is 0 Å². The summed E-state index contributed by atoms with van der Waals surface area (Å²) < 4.78 is 4.87. The number of carbonyl (C=O) groups is 2. The van der Waals surface area contributed by atoms with E-state index in [9.17, 15) is 9.59 Å². The van der Waals surface area contributed by atoms with Gasteiger partial charge in [0.25, 0.3) is 5.91 Å². The highest BCUT2D eigenvalue weighted by Gasteiger charge is 2.06. The predicted molar refractivity (Wildman–Crippen MR) is 83.2 cm³/mol. The van der Waals surface area contributed by atoms with Crippen molar-refractivity contribution in [3.8, 4) is 0 Å². The number of hydrogen-bond donors (Lipinski definition) is 1. The third-order valence-electron chi connectivity index (χ3n) is 3.29. The summed E-state index contributed by atoms with van der Waals surface area (Å²) in [5.74, 6) is -0.134. The van der Waals surface area contributed by atoms with Crippen molar-refractivity contribution in [1.82, 2.24) is 5.32 Å². The maximum atomic E-state index is 11.9. The Morgan fingerprint density at radius 1 is 1.10 bits per heavy atom. The quantitative estimate of drug-likeness (QED) is 0.561. The van der Waals surface area contributed by atoms with Gasteiger partial charge in [0.15, 0.2) is 0 Å². The molecule has 116 valence electrons. The average molecular weight is 291 g/mol. The molecule has 0 heterocycles. The summed E-state index contributed by atoms with van der Waals surface area (Å²) in [7, 11) is 0. The molecule has 4 heteroatoms. The Balaban J connectivity index is 2.08. The van der Waals surface area contributed by atoms with Crippen LogP contribution in [0.15, 0.2) is 24.3 Å². The van der Waals surface area contributed by atoms with Crippen LogP contribution in [0.1, 0.15) is 54.9 Å². The molecule has 0 atom stereocenters. The summed E-state index contributed by atoms with van der Waals surface area (Å²) in [6.45, 7) is 4.87. The molecular formula is C17H25NO3. The van der Waals surface area contributed by atoms with Crippen molar-refractivity contribution in [3.05, 3.63) is 35.4 Å². The maximum Gasteiger partial charge on any atom is 0.305 e. The fourth-order valence-corrected chi connectivity index (χ4v) is 2.11. The lowest BCUT2D eigenvalue weighted by Crippen LogP contribution is -2.25. The monoisotopic (exact) mass is 291 g/mol. The molecule has 0 bridgehead atoms. The van der Waals surface area contributed by atoms with E-state index in [0.717, 1.165) is 36.8 Å². The second-order valence-electron chi connectivity index (χ2n) is 5.04. The number of hydrogen-bond acceptors (Lipinski definition) is 3. The average Bonchev–Trinajstić information content (AvgIpc) is 2.46. The van der Waals surface area contributed by atoms with Crippen molar-refractivity contribution in [1.29, 1.82) is 0 Å². The minimum absolute atomic E-state index is 0.0142. The van der Waals surface area contributed by atoms with Crippen LogP contribution in [0.3, 0.4) is 0 Å². The van der Waals surface area contributed by atoms with Gasteiger partial charge < -0.3 is 10.1 Å². The Morgan fingerprint density at radius 3 is 2.52 bits per heavy atom. The van der Waals surface area contributed by atoms with Gasteiger partial charge in [0.05, 0.1) is 6.61 Å². The van der Waals surface area contributed by atoms with E-state index in [1.165, 1.54) is 0 Å². The van der Waals surface area contributed by atoms with E-state index in [0.29, 0.717) is 19.6 Å². The van der Waals surface area contributed by atoms with Gasteiger partial charge in [0.2, 0.25) is 0 Å². The molecule has 0 aliphatic heterocycles. The van der Waals surface area contributed by atoms with Crippen LogP contribution >= 0.6 is 0 Å². The van der Waals surface area contributed by atoms with Crippen LogP contribution in [0.5, 0.6) is 0 Å². The lowest BCUT2D eigenvalue weighted by atomic mass is 10.1. The van der Waals surface area contributed by atoms with Gasteiger partial charge in [-0.25, -0.2) is 0 Å². The van der Waals surface area contributed by atoms with E-state index < -0.39 is 0 Å². The fraction of sp³-hybridized carbons (Fsp3) is 0.529. The van der Waals surface area contributed by atoms with E-state index >= 15 is 0 Å². The molecule has 0 fully saturated rings. The van der Waals surface area contributed by atoms with Crippen LogP contribution in [0.25, 0.3) is 0 Å². The van der Waals surface area contributed by atoms with Crippen molar-refractivity contribution in [3.63, 3.8) is 0 Å². The second kappa shape index (κ2) is 9.97. The Hall–Kier alpha value is -1.84. The van der Waals surface area contributed by atoms with Gasteiger partial charge in [0.1, 0.15) is 0 Å². The lowest BCUT2D eigenvalue weighted by molar-refractivity contribution is -0.143. The van der Waals surface area contributed by atoms with Crippen LogP contribution in [0.4, 0.5) is 0 Å². The molecule has 4 nitrogen and oxygen atoms in total. The van der Waals surface area contributed by atoms with E-state index in [1.807, 2.05) is 38.1 Å². The zero-order chi connectivity index (χ0) is 15.5. The number of aryl methyl sites for hydroxylation is 1. The van der Waals surface area contributed by atoms with E-state index in [-0.39, 0.29) is 11.9 Å². The minimum Gasteiger partial charge on any atom is -0.466 e. The first kappa shape index (κ1) is 17.2. The van der Waals surface area contributed by atoms with E-state index in [2.05, 4.69) is 5.32 Å². The van der Waals surface area contributed by atoms with E-state index in [1.54, 1.807) is 0 Å². The number of carbonyl (C=O) groups excluding carboxylic acids is 2. The molecule has 1 amide bonds. The van der Waals surface area contributed by atoms with Gasteiger partial charge in [-0.05, 0) is 38.3 Å². The van der Waals surface area contributed by atoms with Crippen molar-refractivity contribution in [2.45, 2.75) is 46.0 Å². The zero-order valence-corrected chi connectivity index (χ0v) is 13.0. The third-order valence-corrected chi connectivity index (χ3v) is 3.29. The van der Waals surface area contributed by atoms with Gasteiger partial charge >= 0.3 is 5.97 Å². The van der Waals surface area contributed by atoms with Crippen LogP contribution in [-0.4, -0.2) is 25.0 Å². The molecule has 1 aromatic carbocycles. The molecule has 0 aliphatic carbocycles. The Labute approximate surface area is 126 Å². The fourth-order valence-electron chi connectivity index (χ4n) is 2.11. The Bertz CT molecular complexity index is 457. The third kappa shape index (κ3) is 6.93. The molecule has 1 rings (SSSR count). The minimum atomic E-state index is -0.120. The SMILES string of the molecule is CCOC(=O)CCCCCCNC(=O)c1ccccc1C. The summed E-state index contributed by atoms with van der Waals surface area (Å²) in [6, 6.07) is 7.57. The molecular weight excluding hydrogens is 266 g/mol. The van der Waals surface area contributed by atoms with Crippen molar-refractivity contribution < 1.29 is 14.3 Å². The molecule has 0 unspecified atom stereocenters.